The van der Waals surface area contributed by atoms with Crippen molar-refractivity contribution in [3.05, 3.63) is 33.8 Å². The Morgan fingerprint density at radius 1 is 1.23 bits per heavy atom. The summed E-state index contributed by atoms with van der Waals surface area (Å²) in [6, 6.07) is 5.34. The van der Waals surface area contributed by atoms with Crippen molar-refractivity contribution < 1.29 is 14.7 Å². The Morgan fingerprint density at radius 3 is 2.55 bits per heavy atom. The van der Waals surface area contributed by atoms with Gasteiger partial charge in [0, 0.05) is 29.1 Å². The third kappa shape index (κ3) is 2.82. The van der Waals surface area contributed by atoms with E-state index in [4.69, 9.17) is 28.3 Å². The van der Waals surface area contributed by atoms with Crippen LogP contribution >= 0.6 is 23.2 Å². The SMILES string of the molecule is C[C@@H]1CN(C(=O)C2CC2c2ccc(Cl)cc2Cl)C[C@H]1C(=O)O. The molecule has 0 aromatic heterocycles. The number of carboxylic acids is 1. The molecule has 2 fully saturated rings. The summed E-state index contributed by atoms with van der Waals surface area (Å²) >= 11 is 12.1. The molecule has 4 nitrogen and oxygen atoms in total. The molecule has 1 amide bonds. The molecule has 1 aromatic carbocycles. The maximum Gasteiger partial charge on any atom is 0.308 e. The highest BCUT2D eigenvalue weighted by Gasteiger charge is 2.49. The number of benzene rings is 1. The van der Waals surface area contributed by atoms with E-state index in [1.54, 1.807) is 17.0 Å². The Hall–Kier alpha value is -1.26. The second-order valence-electron chi connectivity index (χ2n) is 6.28. The summed E-state index contributed by atoms with van der Waals surface area (Å²) in [6.07, 6.45) is 0.767. The fraction of sp³-hybridized carbons (Fsp3) is 0.500. The summed E-state index contributed by atoms with van der Waals surface area (Å²) in [4.78, 5) is 25.4. The fourth-order valence-electron chi connectivity index (χ4n) is 3.32. The topological polar surface area (TPSA) is 57.6 Å². The van der Waals surface area contributed by atoms with E-state index in [-0.39, 0.29) is 23.7 Å². The van der Waals surface area contributed by atoms with E-state index in [0.717, 1.165) is 12.0 Å². The van der Waals surface area contributed by atoms with E-state index >= 15 is 0 Å². The summed E-state index contributed by atoms with van der Waals surface area (Å²) in [5.74, 6) is -1.20. The molecule has 1 saturated heterocycles. The van der Waals surface area contributed by atoms with Crippen LogP contribution in [0.5, 0.6) is 0 Å². The third-order valence-corrected chi connectivity index (χ3v) is 5.27. The number of hydrogen-bond donors (Lipinski definition) is 1. The molecule has 22 heavy (non-hydrogen) atoms. The van der Waals surface area contributed by atoms with Crippen molar-refractivity contribution >= 4 is 35.1 Å². The number of carboxylic acid groups (broad SMARTS) is 1. The van der Waals surface area contributed by atoms with Gasteiger partial charge in [0.05, 0.1) is 5.92 Å². The number of amides is 1. The molecule has 0 bridgehead atoms. The summed E-state index contributed by atoms with van der Waals surface area (Å²) < 4.78 is 0. The van der Waals surface area contributed by atoms with Crippen molar-refractivity contribution in [2.45, 2.75) is 19.3 Å². The van der Waals surface area contributed by atoms with Gasteiger partial charge in [0.2, 0.25) is 5.91 Å². The average Bonchev–Trinajstić information content (AvgIpc) is 3.12. The summed E-state index contributed by atoms with van der Waals surface area (Å²) in [7, 11) is 0. The first kappa shape index (κ1) is 15.6. The normalized spacial score (nSPS) is 30.4. The lowest BCUT2D eigenvalue weighted by Gasteiger charge is -2.16. The molecule has 1 aliphatic carbocycles. The van der Waals surface area contributed by atoms with Crippen LogP contribution in [0, 0.1) is 17.8 Å². The molecule has 118 valence electrons. The molecule has 1 heterocycles. The van der Waals surface area contributed by atoms with Crippen LogP contribution < -0.4 is 0 Å². The van der Waals surface area contributed by atoms with Gasteiger partial charge in [-0.3, -0.25) is 9.59 Å². The van der Waals surface area contributed by atoms with Crippen LogP contribution in [0.25, 0.3) is 0 Å². The molecule has 2 aliphatic rings. The molecule has 1 N–H and O–H groups in total. The van der Waals surface area contributed by atoms with Crippen molar-refractivity contribution in [2.24, 2.45) is 17.8 Å². The van der Waals surface area contributed by atoms with Crippen LogP contribution in [-0.4, -0.2) is 35.0 Å². The smallest absolute Gasteiger partial charge is 0.308 e. The number of aliphatic carboxylic acids is 1. The largest absolute Gasteiger partial charge is 0.481 e. The summed E-state index contributed by atoms with van der Waals surface area (Å²) in [6.45, 7) is 2.72. The minimum atomic E-state index is -0.823. The van der Waals surface area contributed by atoms with E-state index in [0.29, 0.717) is 23.1 Å². The zero-order valence-corrected chi connectivity index (χ0v) is 13.6. The van der Waals surface area contributed by atoms with E-state index in [1.807, 2.05) is 13.0 Å². The zero-order valence-electron chi connectivity index (χ0n) is 12.1. The van der Waals surface area contributed by atoms with E-state index in [2.05, 4.69) is 0 Å². The van der Waals surface area contributed by atoms with Gasteiger partial charge in [0.1, 0.15) is 0 Å². The van der Waals surface area contributed by atoms with Gasteiger partial charge in [0.15, 0.2) is 0 Å². The summed E-state index contributed by atoms with van der Waals surface area (Å²) in [5, 5.41) is 10.3. The highest BCUT2D eigenvalue weighted by molar-refractivity contribution is 6.35. The first-order valence-electron chi connectivity index (χ1n) is 7.35. The van der Waals surface area contributed by atoms with Crippen LogP contribution in [0.2, 0.25) is 10.0 Å². The Morgan fingerprint density at radius 2 is 1.95 bits per heavy atom. The molecule has 6 heteroatoms. The fourth-order valence-corrected chi connectivity index (χ4v) is 3.87. The van der Waals surface area contributed by atoms with Crippen LogP contribution in [-0.2, 0) is 9.59 Å². The maximum atomic E-state index is 12.5. The maximum absolute atomic E-state index is 12.5. The minimum absolute atomic E-state index is 0.00206. The zero-order chi connectivity index (χ0) is 16.0. The first-order valence-corrected chi connectivity index (χ1v) is 8.10. The molecular weight excluding hydrogens is 325 g/mol. The third-order valence-electron chi connectivity index (χ3n) is 4.71. The predicted molar refractivity (Wildman–Crippen MR) is 84.2 cm³/mol. The van der Waals surface area contributed by atoms with Crippen LogP contribution in [0.3, 0.4) is 0 Å². The molecule has 2 unspecified atom stereocenters. The number of carbonyl (C=O) groups is 2. The number of rotatable bonds is 3. The van der Waals surface area contributed by atoms with Gasteiger partial charge in [-0.25, -0.2) is 0 Å². The molecule has 0 radical (unpaired) electrons. The number of carbonyl (C=O) groups excluding carboxylic acids is 1. The average molecular weight is 342 g/mol. The molecule has 1 aromatic rings. The molecule has 3 rings (SSSR count). The first-order chi connectivity index (χ1) is 10.4. The monoisotopic (exact) mass is 341 g/mol. The summed E-state index contributed by atoms with van der Waals surface area (Å²) in [5.41, 5.74) is 0.950. The lowest BCUT2D eigenvalue weighted by Crippen LogP contribution is -2.31. The van der Waals surface area contributed by atoms with Crippen molar-refractivity contribution in [3.8, 4) is 0 Å². The van der Waals surface area contributed by atoms with Gasteiger partial charge in [-0.15, -0.1) is 0 Å². The van der Waals surface area contributed by atoms with Crippen molar-refractivity contribution in [3.63, 3.8) is 0 Å². The lowest BCUT2D eigenvalue weighted by molar-refractivity contribution is -0.142. The quantitative estimate of drug-likeness (QED) is 0.917. The lowest BCUT2D eigenvalue weighted by atomic mass is 9.99. The molecule has 1 saturated carbocycles. The van der Waals surface area contributed by atoms with Gasteiger partial charge in [-0.1, -0.05) is 36.2 Å². The van der Waals surface area contributed by atoms with Crippen LogP contribution in [0.15, 0.2) is 18.2 Å². The highest BCUT2D eigenvalue weighted by Crippen LogP contribution is 2.51. The van der Waals surface area contributed by atoms with Crippen LogP contribution in [0.1, 0.15) is 24.8 Å². The van der Waals surface area contributed by atoms with Gasteiger partial charge in [-0.2, -0.15) is 0 Å². The molecular formula is C16H17Cl2NO3. The molecule has 1 aliphatic heterocycles. The number of hydrogen-bond acceptors (Lipinski definition) is 2. The van der Waals surface area contributed by atoms with E-state index in [9.17, 15) is 9.59 Å². The standard InChI is InChI=1S/C16H17Cl2NO3/c1-8-6-19(7-13(8)16(21)22)15(20)12-5-11(12)10-3-2-9(17)4-14(10)18/h2-4,8,11-13H,5-7H2,1H3,(H,21,22)/t8-,11?,12?,13-/m1/s1. The molecule has 4 atom stereocenters. The number of halogens is 2. The Kier molecular flexibility index (Phi) is 4.08. The predicted octanol–water partition coefficient (Wildman–Crippen LogP) is 3.28. The van der Waals surface area contributed by atoms with Crippen LogP contribution in [0.4, 0.5) is 0 Å². The van der Waals surface area contributed by atoms with E-state index in [1.165, 1.54) is 0 Å². The Bertz CT molecular complexity index is 634. The van der Waals surface area contributed by atoms with Gasteiger partial charge in [0.25, 0.3) is 0 Å². The second-order valence-corrected chi connectivity index (χ2v) is 7.12. The van der Waals surface area contributed by atoms with E-state index < -0.39 is 11.9 Å². The Labute approximate surface area is 139 Å². The highest BCUT2D eigenvalue weighted by atomic mass is 35.5. The molecule has 0 spiro atoms. The van der Waals surface area contributed by atoms with Crippen molar-refractivity contribution in [2.75, 3.05) is 13.1 Å². The van der Waals surface area contributed by atoms with Gasteiger partial charge < -0.3 is 10.0 Å². The number of likely N-dealkylation sites (tertiary alicyclic amines) is 1. The Balaban J connectivity index is 1.67. The second kappa shape index (κ2) is 5.74. The van der Waals surface area contributed by atoms with Crippen molar-refractivity contribution in [1.29, 1.82) is 0 Å². The number of nitrogens with zero attached hydrogens (tertiary/aromatic N) is 1. The minimum Gasteiger partial charge on any atom is -0.481 e. The van der Waals surface area contributed by atoms with Gasteiger partial charge in [-0.05, 0) is 36.0 Å². The van der Waals surface area contributed by atoms with Crippen molar-refractivity contribution in [1.82, 2.24) is 4.90 Å². The van der Waals surface area contributed by atoms with Gasteiger partial charge >= 0.3 is 5.97 Å².